The summed E-state index contributed by atoms with van der Waals surface area (Å²) in [6, 6.07) is 12.5. The number of nitrogens with zero attached hydrogens (tertiary/aromatic N) is 3. The second-order valence-electron chi connectivity index (χ2n) is 5.95. The van der Waals surface area contributed by atoms with Crippen LogP contribution in [0.2, 0.25) is 0 Å². The third-order valence-corrected chi connectivity index (χ3v) is 3.36. The molecule has 0 unspecified atom stereocenters. The Bertz CT molecular complexity index is 845. The van der Waals surface area contributed by atoms with Gasteiger partial charge in [0.15, 0.2) is 0 Å². The van der Waals surface area contributed by atoms with Crippen LogP contribution in [-0.4, -0.2) is 27.7 Å². The number of carbonyl (C=O) groups excluding carboxylic acids is 1. The van der Waals surface area contributed by atoms with Crippen molar-refractivity contribution in [3.63, 3.8) is 0 Å². The van der Waals surface area contributed by atoms with Gasteiger partial charge < -0.3 is 15.2 Å². The number of urea groups is 1. The molecule has 0 aliphatic heterocycles. The van der Waals surface area contributed by atoms with Crippen LogP contribution in [0.5, 0.6) is 0 Å². The molecule has 128 valence electrons. The van der Waals surface area contributed by atoms with Crippen LogP contribution in [0.25, 0.3) is 23.0 Å². The molecule has 3 rings (SSSR count). The molecule has 7 nitrogen and oxygen atoms in total. The van der Waals surface area contributed by atoms with E-state index in [1.54, 1.807) is 24.4 Å². The van der Waals surface area contributed by atoms with E-state index in [1.165, 1.54) is 0 Å². The highest BCUT2D eigenvalue weighted by atomic mass is 16.5. The summed E-state index contributed by atoms with van der Waals surface area (Å²) < 4.78 is 5.27. The van der Waals surface area contributed by atoms with Crippen LogP contribution in [0.1, 0.15) is 13.8 Å². The molecule has 0 aliphatic rings. The van der Waals surface area contributed by atoms with Gasteiger partial charge in [0.25, 0.3) is 5.89 Å². The van der Waals surface area contributed by atoms with Crippen molar-refractivity contribution >= 4 is 11.7 Å². The molecule has 0 saturated heterocycles. The average molecular weight is 337 g/mol. The molecule has 25 heavy (non-hydrogen) atoms. The zero-order chi connectivity index (χ0) is 17.6. The fourth-order valence-corrected chi connectivity index (χ4v) is 2.14. The van der Waals surface area contributed by atoms with Gasteiger partial charge in [-0.25, -0.2) is 4.79 Å². The molecule has 2 amide bonds. The summed E-state index contributed by atoms with van der Waals surface area (Å²) in [7, 11) is 0. The van der Waals surface area contributed by atoms with Crippen molar-refractivity contribution in [1.29, 1.82) is 0 Å². The molecule has 2 aromatic heterocycles. The summed E-state index contributed by atoms with van der Waals surface area (Å²) in [5.41, 5.74) is 2.01. The Labute approximate surface area is 145 Å². The topological polar surface area (TPSA) is 92.9 Å². The number of anilines is 1. The van der Waals surface area contributed by atoms with Crippen LogP contribution in [0.4, 0.5) is 10.5 Å². The number of hydrogen-bond donors (Lipinski definition) is 2. The van der Waals surface area contributed by atoms with Crippen LogP contribution < -0.4 is 10.6 Å². The molecular weight excluding hydrogens is 318 g/mol. The maximum absolute atomic E-state index is 11.9. The van der Waals surface area contributed by atoms with Gasteiger partial charge in [-0.3, -0.25) is 4.98 Å². The molecule has 0 radical (unpaired) electrons. The lowest BCUT2D eigenvalue weighted by Crippen LogP contribution is -2.31. The summed E-state index contributed by atoms with van der Waals surface area (Å²) in [6.45, 7) is 4.69. The molecule has 0 saturated carbocycles. The second-order valence-corrected chi connectivity index (χ2v) is 5.95. The standard InChI is InChI=1S/C18H19N5O2/c1-12(2)11-20-18(24)21-14-7-5-6-13(10-14)16-22-17(25-23-16)15-8-3-4-9-19-15/h3-10,12H,11H2,1-2H3,(H2,20,21,24). The third kappa shape index (κ3) is 4.41. The van der Waals surface area contributed by atoms with Gasteiger partial charge >= 0.3 is 6.03 Å². The molecule has 1 aromatic carbocycles. The zero-order valence-electron chi connectivity index (χ0n) is 14.1. The summed E-state index contributed by atoms with van der Waals surface area (Å²) in [4.78, 5) is 20.4. The molecule has 3 aromatic rings. The summed E-state index contributed by atoms with van der Waals surface area (Å²) in [5.74, 6) is 1.18. The van der Waals surface area contributed by atoms with Crippen molar-refractivity contribution in [1.82, 2.24) is 20.4 Å². The first kappa shape index (κ1) is 16.6. The van der Waals surface area contributed by atoms with Crippen molar-refractivity contribution in [2.75, 3.05) is 11.9 Å². The number of pyridine rings is 1. The summed E-state index contributed by atoms with van der Waals surface area (Å²) >= 11 is 0. The Morgan fingerprint density at radius 1 is 1.20 bits per heavy atom. The minimum Gasteiger partial charge on any atom is -0.338 e. The normalized spacial score (nSPS) is 10.7. The number of hydrogen-bond acceptors (Lipinski definition) is 5. The van der Waals surface area contributed by atoms with Crippen LogP contribution in [0.15, 0.2) is 53.2 Å². The Hall–Kier alpha value is -3.22. The van der Waals surface area contributed by atoms with Crippen molar-refractivity contribution in [3.05, 3.63) is 48.7 Å². The largest absolute Gasteiger partial charge is 0.338 e. The van der Waals surface area contributed by atoms with Gasteiger partial charge in [-0.2, -0.15) is 4.98 Å². The second kappa shape index (κ2) is 7.57. The highest BCUT2D eigenvalue weighted by molar-refractivity contribution is 5.89. The summed E-state index contributed by atoms with van der Waals surface area (Å²) in [5, 5.41) is 9.59. The van der Waals surface area contributed by atoms with E-state index in [0.29, 0.717) is 35.6 Å². The molecule has 2 N–H and O–H groups in total. The molecule has 7 heteroatoms. The minimum absolute atomic E-state index is 0.242. The Balaban J connectivity index is 1.74. The van der Waals surface area contributed by atoms with Gasteiger partial charge in [-0.05, 0) is 30.2 Å². The van der Waals surface area contributed by atoms with E-state index in [2.05, 4.69) is 25.8 Å². The Kier molecular flexibility index (Phi) is 5.03. The predicted molar refractivity (Wildman–Crippen MR) is 94.8 cm³/mol. The number of rotatable bonds is 5. The molecular formula is C18H19N5O2. The minimum atomic E-state index is -0.242. The van der Waals surface area contributed by atoms with E-state index in [-0.39, 0.29) is 6.03 Å². The lowest BCUT2D eigenvalue weighted by atomic mass is 10.2. The van der Waals surface area contributed by atoms with Gasteiger partial charge in [0.05, 0.1) is 0 Å². The molecule has 2 heterocycles. The van der Waals surface area contributed by atoms with E-state index < -0.39 is 0 Å². The van der Waals surface area contributed by atoms with E-state index in [1.807, 2.05) is 38.1 Å². The first-order valence-electron chi connectivity index (χ1n) is 8.02. The van der Waals surface area contributed by atoms with Crippen molar-refractivity contribution in [2.45, 2.75) is 13.8 Å². The zero-order valence-corrected chi connectivity index (χ0v) is 14.1. The van der Waals surface area contributed by atoms with Gasteiger partial charge in [0.2, 0.25) is 5.82 Å². The summed E-state index contributed by atoms with van der Waals surface area (Å²) in [6.07, 6.45) is 1.67. The van der Waals surface area contributed by atoms with E-state index in [4.69, 9.17) is 4.52 Å². The number of benzene rings is 1. The monoisotopic (exact) mass is 337 g/mol. The van der Waals surface area contributed by atoms with E-state index in [9.17, 15) is 4.79 Å². The highest BCUT2D eigenvalue weighted by Gasteiger charge is 2.12. The van der Waals surface area contributed by atoms with E-state index in [0.717, 1.165) is 5.56 Å². The van der Waals surface area contributed by atoms with Gasteiger partial charge in [-0.15, -0.1) is 0 Å². The molecule has 0 aliphatic carbocycles. The predicted octanol–water partition coefficient (Wildman–Crippen LogP) is 3.58. The maximum Gasteiger partial charge on any atom is 0.319 e. The number of nitrogens with one attached hydrogen (secondary N) is 2. The smallest absolute Gasteiger partial charge is 0.319 e. The fourth-order valence-electron chi connectivity index (χ4n) is 2.14. The molecule has 0 spiro atoms. The SMILES string of the molecule is CC(C)CNC(=O)Nc1cccc(-c2noc(-c3ccccn3)n2)c1. The van der Waals surface area contributed by atoms with Crippen LogP contribution >= 0.6 is 0 Å². The van der Waals surface area contributed by atoms with Crippen molar-refractivity contribution < 1.29 is 9.32 Å². The lowest BCUT2D eigenvalue weighted by Gasteiger charge is -2.09. The first-order valence-corrected chi connectivity index (χ1v) is 8.02. The van der Waals surface area contributed by atoms with Gasteiger partial charge in [0, 0.05) is 24.0 Å². The first-order chi connectivity index (χ1) is 12.1. The molecule has 0 atom stereocenters. The van der Waals surface area contributed by atoms with Crippen molar-refractivity contribution in [2.24, 2.45) is 5.92 Å². The molecule has 0 bridgehead atoms. The molecule has 0 fully saturated rings. The highest BCUT2D eigenvalue weighted by Crippen LogP contribution is 2.23. The third-order valence-electron chi connectivity index (χ3n) is 3.36. The fraction of sp³-hybridized carbons (Fsp3) is 0.222. The number of amides is 2. The van der Waals surface area contributed by atoms with Crippen LogP contribution in [0.3, 0.4) is 0 Å². The number of carbonyl (C=O) groups is 1. The Morgan fingerprint density at radius 3 is 2.84 bits per heavy atom. The maximum atomic E-state index is 11.9. The number of aromatic nitrogens is 3. The van der Waals surface area contributed by atoms with Crippen LogP contribution in [0, 0.1) is 5.92 Å². The Morgan fingerprint density at radius 2 is 2.08 bits per heavy atom. The van der Waals surface area contributed by atoms with Gasteiger partial charge in [-0.1, -0.05) is 37.2 Å². The van der Waals surface area contributed by atoms with Gasteiger partial charge in [0.1, 0.15) is 5.69 Å². The lowest BCUT2D eigenvalue weighted by molar-refractivity contribution is 0.251. The van der Waals surface area contributed by atoms with Crippen molar-refractivity contribution in [3.8, 4) is 23.0 Å². The van der Waals surface area contributed by atoms with Crippen LogP contribution in [-0.2, 0) is 0 Å². The van der Waals surface area contributed by atoms with E-state index >= 15 is 0 Å². The quantitative estimate of drug-likeness (QED) is 0.742. The average Bonchev–Trinajstić information content (AvgIpc) is 3.11.